The lowest BCUT2D eigenvalue weighted by molar-refractivity contribution is 0.341. The van der Waals surface area contributed by atoms with Crippen molar-refractivity contribution in [2.45, 2.75) is 11.8 Å². The number of thiocarbonyl (C=S) groups is 1. The van der Waals surface area contributed by atoms with Crippen LogP contribution in [0.4, 0.5) is 5.69 Å². The smallest absolute Gasteiger partial charge is 0.238 e. The third-order valence-electron chi connectivity index (χ3n) is 1.72. The van der Waals surface area contributed by atoms with Gasteiger partial charge in [-0.15, -0.1) is 0 Å². The Bertz CT molecular complexity index is 534. The fourth-order valence-corrected chi connectivity index (χ4v) is 1.72. The van der Waals surface area contributed by atoms with Crippen molar-refractivity contribution < 1.29 is 13.2 Å². The highest BCUT2D eigenvalue weighted by Gasteiger charge is 2.11. The van der Waals surface area contributed by atoms with Crippen LogP contribution in [0.5, 0.6) is 5.75 Å². The predicted octanol–water partition coefficient (Wildman–Crippen LogP) is 1.47. The zero-order valence-corrected chi connectivity index (χ0v) is 10.1. The Labute approximate surface area is 99.0 Å². The number of nitrogens with zero attached hydrogens (tertiary/aromatic N) is 1. The number of hydrogen-bond acceptors (Lipinski definition) is 5. The lowest BCUT2D eigenvalue weighted by Crippen LogP contribution is -2.11. The Hall–Kier alpha value is -1.27. The number of aliphatic imine (C=N–C) groups is 1. The average Bonchev–Trinajstić information content (AvgIpc) is 2.19. The van der Waals surface area contributed by atoms with Crippen LogP contribution in [0.3, 0.4) is 0 Å². The molecule has 16 heavy (non-hydrogen) atoms. The average molecular weight is 258 g/mol. The molecule has 0 aliphatic heterocycles. The van der Waals surface area contributed by atoms with Gasteiger partial charge in [0.1, 0.15) is 11.4 Å². The van der Waals surface area contributed by atoms with Crippen molar-refractivity contribution in [2.75, 3.05) is 6.61 Å². The Morgan fingerprint density at radius 3 is 2.75 bits per heavy atom. The van der Waals surface area contributed by atoms with Crippen molar-refractivity contribution >= 4 is 33.1 Å². The highest BCUT2D eigenvalue weighted by Crippen LogP contribution is 2.29. The lowest BCUT2D eigenvalue weighted by atomic mass is 10.3. The van der Waals surface area contributed by atoms with Gasteiger partial charge in [-0.05, 0) is 37.3 Å². The van der Waals surface area contributed by atoms with Crippen molar-refractivity contribution in [1.82, 2.24) is 0 Å². The summed E-state index contributed by atoms with van der Waals surface area (Å²) in [6.07, 6.45) is 0. The van der Waals surface area contributed by atoms with E-state index in [1.165, 1.54) is 18.2 Å². The van der Waals surface area contributed by atoms with Crippen LogP contribution in [0.1, 0.15) is 6.92 Å². The molecule has 86 valence electrons. The highest BCUT2D eigenvalue weighted by molar-refractivity contribution is 7.89. The van der Waals surface area contributed by atoms with Gasteiger partial charge in [0.25, 0.3) is 0 Å². The second-order valence-electron chi connectivity index (χ2n) is 2.81. The van der Waals surface area contributed by atoms with Crippen LogP contribution in [0.2, 0.25) is 0 Å². The molecular weight excluding hydrogens is 248 g/mol. The van der Waals surface area contributed by atoms with Crippen molar-refractivity contribution in [3.63, 3.8) is 0 Å². The molecule has 2 N–H and O–H groups in total. The van der Waals surface area contributed by atoms with Crippen LogP contribution in [-0.2, 0) is 10.0 Å². The van der Waals surface area contributed by atoms with E-state index < -0.39 is 10.0 Å². The number of isothiocyanates is 1. The van der Waals surface area contributed by atoms with Crippen molar-refractivity contribution in [3.05, 3.63) is 18.2 Å². The first kappa shape index (κ1) is 12.8. The maximum Gasteiger partial charge on any atom is 0.238 e. The molecule has 0 aliphatic carbocycles. The largest absolute Gasteiger partial charge is 0.492 e. The Morgan fingerprint density at radius 1 is 1.56 bits per heavy atom. The second kappa shape index (κ2) is 5.18. The summed E-state index contributed by atoms with van der Waals surface area (Å²) in [5, 5.41) is 7.14. The number of sulfonamides is 1. The van der Waals surface area contributed by atoms with Gasteiger partial charge in [-0.3, -0.25) is 0 Å². The molecule has 1 rings (SSSR count). The summed E-state index contributed by atoms with van der Waals surface area (Å²) in [4.78, 5) is 3.68. The molecule has 0 saturated heterocycles. The van der Waals surface area contributed by atoms with E-state index in [4.69, 9.17) is 9.88 Å². The number of primary sulfonamides is 1. The maximum absolute atomic E-state index is 11.1. The SMILES string of the molecule is CCOc1ccc(S(N)(=O)=O)cc1N=C=S. The predicted molar refractivity (Wildman–Crippen MR) is 63.7 cm³/mol. The van der Waals surface area contributed by atoms with Gasteiger partial charge in [-0.25, -0.2) is 13.6 Å². The van der Waals surface area contributed by atoms with Crippen molar-refractivity contribution in [1.29, 1.82) is 0 Å². The molecule has 7 heteroatoms. The van der Waals surface area contributed by atoms with E-state index in [2.05, 4.69) is 22.4 Å². The van der Waals surface area contributed by atoms with Gasteiger partial charge in [0, 0.05) is 0 Å². The summed E-state index contributed by atoms with van der Waals surface area (Å²) in [5.74, 6) is 0.437. The number of rotatable bonds is 4. The van der Waals surface area contributed by atoms with Crippen LogP contribution in [-0.4, -0.2) is 20.2 Å². The molecule has 1 aromatic carbocycles. The lowest BCUT2D eigenvalue weighted by Gasteiger charge is -2.06. The van der Waals surface area contributed by atoms with Crippen LogP contribution >= 0.6 is 12.2 Å². The van der Waals surface area contributed by atoms with Gasteiger partial charge in [0.05, 0.1) is 16.7 Å². The Morgan fingerprint density at radius 2 is 2.25 bits per heavy atom. The van der Waals surface area contributed by atoms with E-state index in [-0.39, 0.29) is 4.90 Å². The van der Waals surface area contributed by atoms with Gasteiger partial charge in [-0.1, -0.05) is 0 Å². The van der Waals surface area contributed by atoms with E-state index in [0.717, 1.165) is 0 Å². The van der Waals surface area contributed by atoms with Crippen molar-refractivity contribution in [3.8, 4) is 5.75 Å². The van der Waals surface area contributed by atoms with Gasteiger partial charge in [0.15, 0.2) is 0 Å². The molecule has 0 aliphatic rings. The quantitative estimate of drug-likeness (QED) is 0.655. The Balaban J connectivity index is 3.33. The zero-order valence-electron chi connectivity index (χ0n) is 8.50. The number of benzene rings is 1. The standard InChI is InChI=1S/C9H10N2O3S2/c1-2-14-9-4-3-7(16(10,12)13)5-8(9)11-6-15/h3-5H,2H2,1H3,(H2,10,12,13). The minimum absolute atomic E-state index is 0.0417. The van der Waals surface area contributed by atoms with Crippen LogP contribution < -0.4 is 9.88 Å². The first-order chi connectivity index (χ1) is 7.49. The first-order valence-corrected chi connectivity index (χ1v) is 6.32. The molecular formula is C9H10N2O3S2. The zero-order chi connectivity index (χ0) is 12.2. The summed E-state index contributed by atoms with van der Waals surface area (Å²) >= 11 is 4.46. The van der Waals surface area contributed by atoms with E-state index >= 15 is 0 Å². The first-order valence-electron chi connectivity index (χ1n) is 4.36. The van der Waals surface area contributed by atoms with E-state index in [1.54, 1.807) is 6.92 Å². The van der Waals surface area contributed by atoms with E-state index in [0.29, 0.717) is 18.0 Å². The number of nitrogens with two attached hydrogens (primary N) is 1. The van der Waals surface area contributed by atoms with Gasteiger partial charge < -0.3 is 4.74 Å². The molecule has 0 unspecified atom stereocenters. The van der Waals surface area contributed by atoms with E-state index in [9.17, 15) is 8.42 Å². The third kappa shape index (κ3) is 3.11. The molecule has 0 saturated carbocycles. The van der Waals surface area contributed by atoms with Crippen LogP contribution in [0.25, 0.3) is 0 Å². The second-order valence-corrected chi connectivity index (χ2v) is 4.55. The van der Waals surface area contributed by atoms with Crippen LogP contribution in [0.15, 0.2) is 28.1 Å². The summed E-state index contributed by atoms with van der Waals surface area (Å²) in [5.41, 5.74) is 0.295. The molecule has 0 radical (unpaired) electrons. The minimum atomic E-state index is -3.75. The summed E-state index contributed by atoms with van der Waals surface area (Å²) in [7, 11) is -3.75. The van der Waals surface area contributed by atoms with E-state index in [1.807, 2.05) is 0 Å². The van der Waals surface area contributed by atoms with Crippen LogP contribution in [0, 0.1) is 0 Å². The maximum atomic E-state index is 11.1. The molecule has 0 heterocycles. The number of hydrogen-bond donors (Lipinski definition) is 1. The van der Waals surface area contributed by atoms with Gasteiger partial charge >= 0.3 is 0 Å². The molecule has 1 aromatic rings. The summed E-state index contributed by atoms with van der Waals surface area (Å²) in [6.45, 7) is 2.24. The minimum Gasteiger partial charge on any atom is -0.492 e. The van der Waals surface area contributed by atoms with Gasteiger partial charge in [-0.2, -0.15) is 4.99 Å². The summed E-state index contributed by atoms with van der Waals surface area (Å²) in [6, 6.07) is 4.12. The molecule has 0 spiro atoms. The number of ether oxygens (including phenoxy) is 1. The van der Waals surface area contributed by atoms with Gasteiger partial charge in [0.2, 0.25) is 10.0 Å². The fourth-order valence-electron chi connectivity index (χ4n) is 1.09. The molecule has 0 atom stereocenters. The molecule has 0 amide bonds. The molecule has 0 bridgehead atoms. The molecule has 5 nitrogen and oxygen atoms in total. The fraction of sp³-hybridized carbons (Fsp3) is 0.222. The third-order valence-corrected chi connectivity index (χ3v) is 2.73. The van der Waals surface area contributed by atoms with Crippen molar-refractivity contribution in [2.24, 2.45) is 10.1 Å². The normalized spacial score (nSPS) is 10.6. The Kier molecular flexibility index (Phi) is 4.14. The highest BCUT2D eigenvalue weighted by atomic mass is 32.2. The molecule has 0 aromatic heterocycles. The monoisotopic (exact) mass is 258 g/mol. The summed E-state index contributed by atoms with van der Waals surface area (Å²) < 4.78 is 27.5. The topological polar surface area (TPSA) is 81.8 Å². The molecule has 0 fully saturated rings.